The van der Waals surface area contributed by atoms with Gasteiger partial charge >= 0.3 is 0 Å². The Hall–Kier alpha value is -0.690. The van der Waals surface area contributed by atoms with Gasteiger partial charge < -0.3 is 9.08 Å². The van der Waals surface area contributed by atoms with Crippen molar-refractivity contribution in [3.05, 3.63) is 35.2 Å². The highest BCUT2D eigenvalue weighted by atomic mass is 32.2. The van der Waals surface area contributed by atoms with E-state index in [0.717, 1.165) is 25.1 Å². The molecule has 1 N–H and O–H groups in total. The molecule has 0 unspecified atom stereocenters. The summed E-state index contributed by atoms with van der Waals surface area (Å²) in [6.07, 6.45) is 3.12. The largest absolute Gasteiger partial charge is 0.397 e. The zero-order valence-corrected chi connectivity index (χ0v) is 12.8. The maximum Gasteiger partial charge on any atom is 0.272 e. The molecule has 0 bridgehead atoms. The van der Waals surface area contributed by atoms with Gasteiger partial charge in [0.05, 0.1) is 0 Å². The second-order valence-corrected chi connectivity index (χ2v) is 5.28. The van der Waals surface area contributed by atoms with Gasteiger partial charge in [-0.2, -0.15) is 0 Å². The van der Waals surface area contributed by atoms with E-state index < -0.39 is 0 Å². The number of benzene rings is 1. The fourth-order valence-electron chi connectivity index (χ4n) is 1.36. The lowest BCUT2D eigenvalue weighted by atomic mass is 10.2. The molecule has 1 rings (SSSR count). The minimum atomic E-state index is -0.144. The highest BCUT2D eigenvalue weighted by molar-refractivity contribution is 8.00. The van der Waals surface area contributed by atoms with Gasteiger partial charge in [-0.05, 0) is 56.2 Å². The fourth-order valence-corrected chi connectivity index (χ4v) is 2.13. The quantitative estimate of drug-likeness (QED) is 0.425. The van der Waals surface area contributed by atoms with Crippen molar-refractivity contribution in [2.75, 3.05) is 27.2 Å². The van der Waals surface area contributed by atoms with E-state index in [1.165, 1.54) is 0 Å². The molecule has 0 saturated heterocycles. The van der Waals surface area contributed by atoms with Gasteiger partial charge in [0.2, 0.25) is 0 Å². The number of hydrogen-bond acceptors (Lipinski definition) is 5. The minimum Gasteiger partial charge on any atom is -0.397 e. The van der Waals surface area contributed by atoms with Crippen molar-refractivity contribution < 1.29 is 8.07 Å². The summed E-state index contributed by atoms with van der Waals surface area (Å²) in [4.78, 5) is 2.17. The standard InChI is InChI=1S/C13H19FN2OS2/c1-16(2)10-3-9-15-18-11-8-12-4-6-13(7-5-12)17-19-14/h4-8,11,15H,3,9-10H2,1-2H3/b11-8+. The Morgan fingerprint density at radius 3 is 2.68 bits per heavy atom. The molecule has 0 fully saturated rings. The Balaban J connectivity index is 2.18. The summed E-state index contributed by atoms with van der Waals surface area (Å²) in [6, 6.07) is 7.24. The average Bonchev–Trinajstić information content (AvgIpc) is 2.39. The van der Waals surface area contributed by atoms with E-state index in [4.69, 9.17) is 0 Å². The van der Waals surface area contributed by atoms with Gasteiger partial charge in [0.1, 0.15) is 5.75 Å². The molecule has 1 aromatic rings. The van der Waals surface area contributed by atoms with Crippen LogP contribution in [0, 0.1) is 0 Å². The summed E-state index contributed by atoms with van der Waals surface area (Å²) in [5.74, 6) is 0.513. The third kappa shape index (κ3) is 8.15. The Kier molecular flexibility index (Phi) is 8.73. The summed E-state index contributed by atoms with van der Waals surface area (Å²) in [5.41, 5.74) is 1.05. The van der Waals surface area contributed by atoms with Gasteiger partial charge in [0.15, 0.2) is 0 Å². The van der Waals surface area contributed by atoms with Gasteiger partial charge in [-0.1, -0.05) is 24.1 Å². The molecule has 0 radical (unpaired) electrons. The molecule has 0 aliphatic rings. The van der Waals surface area contributed by atoms with E-state index in [1.54, 1.807) is 24.1 Å². The molecular weight excluding hydrogens is 283 g/mol. The van der Waals surface area contributed by atoms with Gasteiger partial charge in [-0.15, -0.1) is 3.89 Å². The first kappa shape index (κ1) is 16.4. The molecule has 0 spiro atoms. The van der Waals surface area contributed by atoms with Crippen LogP contribution in [0.1, 0.15) is 12.0 Å². The SMILES string of the molecule is CN(C)CCCNS/C=C/c1ccc(OSF)cc1. The van der Waals surface area contributed by atoms with Gasteiger partial charge in [0.25, 0.3) is 12.4 Å². The van der Waals surface area contributed by atoms with Crippen molar-refractivity contribution in [1.82, 2.24) is 9.62 Å². The van der Waals surface area contributed by atoms with Gasteiger partial charge in [0, 0.05) is 6.54 Å². The van der Waals surface area contributed by atoms with E-state index in [0.29, 0.717) is 5.75 Å². The van der Waals surface area contributed by atoms with Crippen LogP contribution in [0.3, 0.4) is 0 Å². The predicted molar refractivity (Wildman–Crippen MR) is 83.6 cm³/mol. The molecule has 0 aromatic heterocycles. The molecule has 1 aromatic carbocycles. The molecular formula is C13H19FN2OS2. The van der Waals surface area contributed by atoms with Crippen molar-refractivity contribution in [2.45, 2.75) is 6.42 Å². The Morgan fingerprint density at radius 1 is 1.32 bits per heavy atom. The van der Waals surface area contributed by atoms with E-state index in [9.17, 15) is 3.89 Å². The summed E-state index contributed by atoms with van der Waals surface area (Å²) in [5, 5.41) is 2.00. The lowest BCUT2D eigenvalue weighted by molar-refractivity contribution is 0.401. The van der Waals surface area contributed by atoms with Crippen molar-refractivity contribution in [2.24, 2.45) is 0 Å². The van der Waals surface area contributed by atoms with Crippen LogP contribution in [-0.2, 0) is 0 Å². The molecule has 0 saturated carbocycles. The summed E-state index contributed by atoms with van der Waals surface area (Å²) >= 11 is 1.43. The monoisotopic (exact) mass is 302 g/mol. The van der Waals surface area contributed by atoms with Gasteiger partial charge in [-0.25, -0.2) is 0 Å². The van der Waals surface area contributed by atoms with Crippen LogP contribution in [0.5, 0.6) is 5.75 Å². The highest BCUT2D eigenvalue weighted by Crippen LogP contribution is 2.18. The third-order valence-electron chi connectivity index (χ3n) is 2.30. The van der Waals surface area contributed by atoms with Crippen LogP contribution in [0.15, 0.2) is 29.7 Å². The average molecular weight is 302 g/mol. The van der Waals surface area contributed by atoms with Crippen LogP contribution in [0.2, 0.25) is 0 Å². The molecule has 106 valence electrons. The highest BCUT2D eigenvalue weighted by Gasteiger charge is 1.93. The summed E-state index contributed by atoms with van der Waals surface area (Å²) in [7, 11) is 4.14. The van der Waals surface area contributed by atoms with Crippen molar-refractivity contribution in [3.63, 3.8) is 0 Å². The maximum atomic E-state index is 11.8. The first-order chi connectivity index (χ1) is 9.22. The number of rotatable bonds is 9. The molecule has 6 heteroatoms. The number of nitrogens with one attached hydrogen (secondary N) is 1. The number of nitrogens with zero attached hydrogens (tertiary/aromatic N) is 1. The molecule has 0 aliphatic carbocycles. The van der Waals surface area contributed by atoms with E-state index in [2.05, 4.69) is 27.9 Å². The smallest absolute Gasteiger partial charge is 0.272 e. The van der Waals surface area contributed by atoms with Crippen LogP contribution in [-0.4, -0.2) is 32.1 Å². The Bertz CT molecular complexity index is 371. The lowest BCUT2D eigenvalue weighted by Gasteiger charge is -2.08. The summed E-state index contributed by atoms with van der Waals surface area (Å²) < 4.78 is 19.8. The number of hydrogen-bond donors (Lipinski definition) is 1. The van der Waals surface area contributed by atoms with Crippen molar-refractivity contribution in [3.8, 4) is 5.75 Å². The zero-order valence-electron chi connectivity index (χ0n) is 11.1. The number of halogens is 1. The molecule has 19 heavy (non-hydrogen) atoms. The van der Waals surface area contributed by atoms with Crippen molar-refractivity contribution >= 4 is 30.5 Å². The molecule has 0 aliphatic heterocycles. The second-order valence-electron chi connectivity index (χ2n) is 4.19. The van der Waals surface area contributed by atoms with E-state index in [1.807, 2.05) is 23.6 Å². The van der Waals surface area contributed by atoms with Crippen LogP contribution in [0.4, 0.5) is 3.89 Å². The van der Waals surface area contributed by atoms with E-state index in [-0.39, 0.29) is 12.4 Å². The zero-order chi connectivity index (χ0) is 13.9. The Labute approximate surface area is 123 Å². The molecule has 0 heterocycles. The van der Waals surface area contributed by atoms with Crippen molar-refractivity contribution in [1.29, 1.82) is 0 Å². The minimum absolute atomic E-state index is 0.144. The predicted octanol–water partition coefficient (Wildman–Crippen LogP) is 3.76. The first-order valence-electron chi connectivity index (χ1n) is 5.97. The first-order valence-corrected chi connectivity index (χ1v) is 7.49. The maximum absolute atomic E-state index is 11.8. The lowest BCUT2D eigenvalue weighted by Crippen LogP contribution is -2.17. The fraction of sp³-hybridized carbons (Fsp3) is 0.385. The topological polar surface area (TPSA) is 24.5 Å². The normalized spacial score (nSPS) is 11.4. The molecule has 3 nitrogen and oxygen atoms in total. The third-order valence-corrected chi connectivity index (χ3v) is 3.20. The van der Waals surface area contributed by atoms with Crippen LogP contribution >= 0.6 is 24.4 Å². The second kappa shape index (κ2) is 10.1. The Morgan fingerprint density at radius 2 is 2.05 bits per heavy atom. The van der Waals surface area contributed by atoms with E-state index >= 15 is 0 Å². The molecule has 0 atom stereocenters. The van der Waals surface area contributed by atoms with Gasteiger partial charge in [-0.3, -0.25) is 4.72 Å². The molecule has 0 amide bonds. The van der Waals surface area contributed by atoms with Crippen LogP contribution < -0.4 is 8.91 Å². The van der Waals surface area contributed by atoms with Crippen LogP contribution in [0.25, 0.3) is 6.08 Å². The summed E-state index contributed by atoms with van der Waals surface area (Å²) in [6.45, 7) is 2.07.